The van der Waals surface area contributed by atoms with Crippen molar-refractivity contribution in [2.45, 2.75) is 32.7 Å². The molecule has 2 aliphatic heterocycles. The number of piperazine rings is 1. The number of rotatable bonds is 4. The highest BCUT2D eigenvalue weighted by Gasteiger charge is 2.23. The SMILES string of the molecule is CCC(C)N1CCN(CC2CCOC2)CC1. The molecule has 2 unspecified atom stereocenters. The first kappa shape index (κ1) is 12.3. The topological polar surface area (TPSA) is 15.7 Å². The molecule has 94 valence electrons. The lowest BCUT2D eigenvalue weighted by Gasteiger charge is -2.38. The summed E-state index contributed by atoms with van der Waals surface area (Å²) < 4.78 is 5.44. The van der Waals surface area contributed by atoms with E-state index in [1.807, 2.05) is 0 Å². The van der Waals surface area contributed by atoms with Crippen LogP contribution in [0.15, 0.2) is 0 Å². The van der Waals surface area contributed by atoms with Gasteiger partial charge in [0.2, 0.25) is 0 Å². The van der Waals surface area contributed by atoms with Gasteiger partial charge in [0.25, 0.3) is 0 Å². The summed E-state index contributed by atoms with van der Waals surface area (Å²) in [4.78, 5) is 5.25. The number of ether oxygens (including phenoxy) is 1. The summed E-state index contributed by atoms with van der Waals surface area (Å²) in [5.74, 6) is 0.801. The van der Waals surface area contributed by atoms with Crippen LogP contribution in [0.4, 0.5) is 0 Å². The van der Waals surface area contributed by atoms with Gasteiger partial charge in [-0.3, -0.25) is 4.90 Å². The zero-order valence-electron chi connectivity index (χ0n) is 10.8. The molecule has 0 amide bonds. The predicted molar refractivity (Wildman–Crippen MR) is 66.7 cm³/mol. The molecule has 0 N–H and O–H groups in total. The average Bonchev–Trinajstić information content (AvgIpc) is 2.82. The van der Waals surface area contributed by atoms with Gasteiger partial charge in [0, 0.05) is 45.4 Å². The molecule has 3 nitrogen and oxygen atoms in total. The van der Waals surface area contributed by atoms with E-state index in [4.69, 9.17) is 4.74 Å². The molecule has 0 bridgehead atoms. The van der Waals surface area contributed by atoms with Gasteiger partial charge >= 0.3 is 0 Å². The summed E-state index contributed by atoms with van der Waals surface area (Å²) >= 11 is 0. The van der Waals surface area contributed by atoms with Gasteiger partial charge in [-0.2, -0.15) is 0 Å². The Morgan fingerprint density at radius 1 is 1.25 bits per heavy atom. The van der Waals surface area contributed by atoms with E-state index in [0.717, 1.165) is 25.2 Å². The third kappa shape index (κ3) is 3.19. The summed E-state index contributed by atoms with van der Waals surface area (Å²) in [6.07, 6.45) is 2.54. The largest absolute Gasteiger partial charge is 0.381 e. The molecule has 2 rings (SSSR count). The van der Waals surface area contributed by atoms with E-state index >= 15 is 0 Å². The highest BCUT2D eigenvalue weighted by molar-refractivity contribution is 4.78. The molecule has 0 saturated carbocycles. The van der Waals surface area contributed by atoms with Crippen molar-refractivity contribution in [3.63, 3.8) is 0 Å². The lowest BCUT2D eigenvalue weighted by molar-refractivity contribution is 0.0866. The van der Waals surface area contributed by atoms with Crippen LogP contribution in [0, 0.1) is 5.92 Å². The molecule has 2 atom stereocenters. The second-order valence-electron chi connectivity index (χ2n) is 5.32. The van der Waals surface area contributed by atoms with Crippen molar-refractivity contribution in [1.29, 1.82) is 0 Å². The van der Waals surface area contributed by atoms with E-state index < -0.39 is 0 Å². The van der Waals surface area contributed by atoms with E-state index in [2.05, 4.69) is 23.6 Å². The van der Waals surface area contributed by atoms with Crippen molar-refractivity contribution in [2.24, 2.45) is 5.92 Å². The van der Waals surface area contributed by atoms with Crippen molar-refractivity contribution in [1.82, 2.24) is 9.80 Å². The van der Waals surface area contributed by atoms with Gasteiger partial charge in [0.05, 0.1) is 6.61 Å². The van der Waals surface area contributed by atoms with E-state index in [9.17, 15) is 0 Å². The van der Waals surface area contributed by atoms with E-state index in [-0.39, 0.29) is 0 Å². The molecule has 2 heterocycles. The molecule has 2 aliphatic rings. The summed E-state index contributed by atoms with van der Waals surface area (Å²) in [6, 6.07) is 0.761. The van der Waals surface area contributed by atoms with E-state index in [1.165, 1.54) is 45.6 Å². The molecule has 0 spiro atoms. The van der Waals surface area contributed by atoms with Crippen LogP contribution in [0.2, 0.25) is 0 Å². The molecule has 0 aromatic carbocycles. The Kier molecular flexibility index (Phi) is 4.62. The molecule has 3 heteroatoms. The highest BCUT2D eigenvalue weighted by Crippen LogP contribution is 2.16. The van der Waals surface area contributed by atoms with E-state index in [0.29, 0.717) is 0 Å². The average molecular weight is 226 g/mol. The third-order valence-corrected chi connectivity index (χ3v) is 4.16. The normalized spacial score (nSPS) is 30.8. The Bertz CT molecular complexity index is 196. The second-order valence-corrected chi connectivity index (χ2v) is 5.32. The molecule has 0 aromatic rings. The van der Waals surface area contributed by atoms with E-state index in [1.54, 1.807) is 0 Å². The summed E-state index contributed by atoms with van der Waals surface area (Å²) in [5, 5.41) is 0. The van der Waals surface area contributed by atoms with Crippen LogP contribution in [0.3, 0.4) is 0 Å². The lowest BCUT2D eigenvalue weighted by atomic mass is 10.1. The third-order valence-electron chi connectivity index (χ3n) is 4.16. The number of nitrogens with zero attached hydrogens (tertiary/aromatic N) is 2. The fourth-order valence-electron chi connectivity index (χ4n) is 2.74. The number of hydrogen-bond acceptors (Lipinski definition) is 3. The molecule has 2 fully saturated rings. The van der Waals surface area contributed by atoms with Gasteiger partial charge in [-0.25, -0.2) is 0 Å². The zero-order valence-corrected chi connectivity index (χ0v) is 10.8. The minimum atomic E-state index is 0.761. The first-order valence-electron chi connectivity index (χ1n) is 6.83. The lowest BCUT2D eigenvalue weighted by Crippen LogP contribution is -2.50. The summed E-state index contributed by atoms with van der Waals surface area (Å²) in [7, 11) is 0. The molecule has 16 heavy (non-hydrogen) atoms. The maximum Gasteiger partial charge on any atom is 0.0507 e. The maximum atomic E-state index is 5.44. The standard InChI is InChI=1S/C13H26N2O/c1-3-12(2)15-7-5-14(6-8-15)10-13-4-9-16-11-13/h12-13H,3-11H2,1-2H3. The zero-order chi connectivity index (χ0) is 11.4. The second kappa shape index (κ2) is 5.99. The van der Waals surface area contributed by atoms with Crippen LogP contribution in [0.25, 0.3) is 0 Å². The number of hydrogen-bond donors (Lipinski definition) is 0. The Hall–Kier alpha value is -0.120. The molecule has 2 saturated heterocycles. The predicted octanol–water partition coefficient (Wildman–Crippen LogP) is 1.44. The molecule has 0 radical (unpaired) electrons. The highest BCUT2D eigenvalue weighted by atomic mass is 16.5. The minimum Gasteiger partial charge on any atom is -0.381 e. The smallest absolute Gasteiger partial charge is 0.0507 e. The monoisotopic (exact) mass is 226 g/mol. The van der Waals surface area contributed by atoms with Gasteiger partial charge in [-0.15, -0.1) is 0 Å². The van der Waals surface area contributed by atoms with Gasteiger partial charge in [0.15, 0.2) is 0 Å². The van der Waals surface area contributed by atoms with Gasteiger partial charge in [-0.05, 0) is 25.7 Å². The molecule has 0 aromatic heterocycles. The molecular formula is C13H26N2O. The fourth-order valence-corrected chi connectivity index (χ4v) is 2.74. The van der Waals surface area contributed by atoms with Gasteiger partial charge < -0.3 is 9.64 Å². The Morgan fingerprint density at radius 2 is 2.00 bits per heavy atom. The minimum absolute atomic E-state index is 0.761. The molecular weight excluding hydrogens is 200 g/mol. The van der Waals surface area contributed by atoms with Crippen LogP contribution in [-0.4, -0.2) is 61.8 Å². The Balaban J connectivity index is 1.68. The van der Waals surface area contributed by atoms with Gasteiger partial charge in [-0.1, -0.05) is 6.92 Å². The van der Waals surface area contributed by atoms with Crippen LogP contribution in [0.5, 0.6) is 0 Å². The summed E-state index contributed by atoms with van der Waals surface area (Å²) in [5.41, 5.74) is 0. The van der Waals surface area contributed by atoms with Crippen LogP contribution in [0.1, 0.15) is 26.7 Å². The maximum absolute atomic E-state index is 5.44. The van der Waals surface area contributed by atoms with Crippen molar-refractivity contribution < 1.29 is 4.74 Å². The van der Waals surface area contributed by atoms with Crippen molar-refractivity contribution in [2.75, 3.05) is 45.9 Å². The van der Waals surface area contributed by atoms with Crippen molar-refractivity contribution in [3.05, 3.63) is 0 Å². The first-order chi connectivity index (χ1) is 7.79. The van der Waals surface area contributed by atoms with Crippen LogP contribution >= 0.6 is 0 Å². The van der Waals surface area contributed by atoms with Crippen molar-refractivity contribution >= 4 is 0 Å². The van der Waals surface area contributed by atoms with Crippen LogP contribution in [-0.2, 0) is 4.74 Å². The first-order valence-corrected chi connectivity index (χ1v) is 6.83. The molecule has 0 aliphatic carbocycles. The Morgan fingerprint density at radius 3 is 2.56 bits per heavy atom. The van der Waals surface area contributed by atoms with Crippen LogP contribution < -0.4 is 0 Å². The Labute approximate surface area is 99.7 Å². The fraction of sp³-hybridized carbons (Fsp3) is 1.00. The quantitative estimate of drug-likeness (QED) is 0.721. The van der Waals surface area contributed by atoms with Gasteiger partial charge in [0.1, 0.15) is 0 Å². The summed E-state index contributed by atoms with van der Waals surface area (Å²) in [6.45, 7) is 12.9. The van der Waals surface area contributed by atoms with Crippen molar-refractivity contribution in [3.8, 4) is 0 Å².